The van der Waals surface area contributed by atoms with Gasteiger partial charge in [0.2, 0.25) is 17.8 Å². The van der Waals surface area contributed by atoms with Crippen LogP contribution in [0.3, 0.4) is 0 Å². The first-order chi connectivity index (χ1) is 12.6. The van der Waals surface area contributed by atoms with Crippen LogP contribution in [-0.4, -0.2) is 24.5 Å². The third-order valence-corrected chi connectivity index (χ3v) is 3.76. The molecular formula is C18H14N8. The number of fused-ring (bicyclic) bond motifs is 1. The van der Waals surface area contributed by atoms with Crippen molar-refractivity contribution < 1.29 is 0 Å². The monoisotopic (exact) mass is 342 g/mol. The van der Waals surface area contributed by atoms with Gasteiger partial charge in [-0.2, -0.15) is 20.2 Å². The van der Waals surface area contributed by atoms with Gasteiger partial charge in [-0.25, -0.2) is 9.55 Å². The summed E-state index contributed by atoms with van der Waals surface area (Å²) in [6.45, 7) is 1.75. The van der Waals surface area contributed by atoms with Crippen LogP contribution >= 0.6 is 0 Å². The van der Waals surface area contributed by atoms with Crippen LogP contribution in [0.15, 0.2) is 48.5 Å². The fourth-order valence-electron chi connectivity index (χ4n) is 2.70. The van der Waals surface area contributed by atoms with Crippen molar-refractivity contribution in [3.05, 3.63) is 59.9 Å². The molecule has 0 fully saturated rings. The number of nitrogens with zero attached hydrogens (tertiary/aromatic N) is 6. The molecule has 0 amide bonds. The van der Waals surface area contributed by atoms with Crippen molar-refractivity contribution in [2.45, 2.75) is 6.92 Å². The van der Waals surface area contributed by atoms with Crippen LogP contribution in [0.4, 0.5) is 17.6 Å². The third-order valence-electron chi connectivity index (χ3n) is 3.76. The lowest BCUT2D eigenvalue weighted by atomic mass is 10.2. The number of aromatic nitrogens is 5. The second-order valence-corrected chi connectivity index (χ2v) is 5.62. The van der Waals surface area contributed by atoms with E-state index in [1.807, 2.05) is 30.3 Å². The fourth-order valence-corrected chi connectivity index (χ4v) is 2.70. The highest BCUT2D eigenvalue weighted by Crippen LogP contribution is 2.26. The molecule has 2 aromatic heterocycles. The molecular weight excluding hydrogens is 328 g/mol. The molecule has 0 unspecified atom stereocenters. The van der Waals surface area contributed by atoms with Crippen LogP contribution in [-0.2, 0) is 0 Å². The molecule has 3 N–H and O–H groups in total. The Labute approximate surface area is 149 Å². The molecule has 0 aliphatic carbocycles. The number of nitrogens with two attached hydrogens (primary N) is 1. The van der Waals surface area contributed by atoms with Crippen molar-refractivity contribution >= 4 is 28.6 Å². The minimum Gasteiger partial charge on any atom is -0.368 e. The molecule has 26 heavy (non-hydrogen) atoms. The minimum absolute atomic E-state index is 0.141. The Hall–Kier alpha value is -3.99. The molecule has 0 saturated heterocycles. The first-order valence-electron chi connectivity index (χ1n) is 7.87. The van der Waals surface area contributed by atoms with Crippen LogP contribution in [0.2, 0.25) is 0 Å². The summed E-state index contributed by atoms with van der Waals surface area (Å²) in [4.78, 5) is 17.3. The topological polar surface area (TPSA) is 118 Å². The molecule has 4 rings (SSSR count). The first kappa shape index (κ1) is 15.5. The molecule has 8 nitrogen and oxygen atoms in total. The maximum atomic E-state index is 9.10. The molecule has 0 aliphatic rings. The molecule has 2 aromatic carbocycles. The van der Waals surface area contributed by atoms with E-state index < -0.39 is 0 Å². The Bertz CT molecular complexity index is 1140. The largest absolute Gasteiger partial charge is 0.368 e. The lowest BCUT2D eigenvalue weighted by Gasteiger charge is -2.10. The third kappa shape index (κ3) is 2.78. The molecule has 0 saturated carbocycles. The standard InChI is InChI=1S/C18H14N8/c1-11-21-16(20)25-17(22-11)26-15-8-3-2-7-14(15)24-18(26)23-13-6-4-5-12(9-13)10-19/h2-9H,1H3,(H,23,24)(H2,20,21,22,25). The van der Waals surface area contributed by atoms with Crippen LogP contribution in [0, 0.1) is 18.3 Å². The summed E-state index contributed by atoms with van der Waals surface area (Å²) in [6, 6.07) is 16.9. The summed E-state index contributed by atoms with van der Waals surface area (Å²) in [5.74, 6) is 1.55. The number of anilines is 3. The Morgan fingerprint density at radius 3 is 2.69 bits per heavy atom. The normalized spacial score (nSPS) is 10.6. The van der Waals surface area contributed by atoms with Gasteiger partial charge < -0.3 is 11.1 Å². The van der Waals surface area contributed by atoms with E-state index in [-0.39, 0.29) is 5.95 Å². The van der Waals surface area contributed by atoms with Gasteiger partial charge in [-0.3, -0.25) is 0 Å². The number of hydrogen-bond donors (Lipinski definition) is 2. The molecule has 0 spiro atoms. The average Bonchev–Trinajstić information content (AvgIpc) is 2.98. The van der Waals surface area contributed by atoms with Crippen LogP contribution in [0.25, 0.3) is 17.0 Å². The molecule has 4 aromatic rings. The van der Waals surface area contributed by atoms with Gasteiger partial charge in [-0.1, -0.05) is 18.2 Å². The van der Waals surface area contributed by atoms with Crippen molar-refractivity contribution in [2.24, 2.45) is 0 Å². The minimum atomic E-state index is 0.141. The number of hydrogen-bond acceptors (Lipinski definition) is 7. The highest BCUT2D eigenvalue weighted by molar-refractivity contribution is 5.81. The second kappa shape index (κ2) is 6.14. The van der Waals surface area contributed by atoms with Crippen molar-refractivity contribution in [3.63, 3.8) is 0 Å². The lowest BCUT2D eigenvalue weighted by Crippen LogP contribution is -2.10. The summed E-state index contributed by atoms with van der Waals surface area (Å²) >= 11 is 0. The maximum absolute atomic E-state index is 9.10. The van der Waals surface area contributed by atoms with E-state index >= 15 is 0 Å². The summed E-state index contributed by atoms with van der Waals surface area (Å²) < 4.78 is 1.78. The summed E-state index contributed by atoms with van der Waals surface area (Å²) in [6.07, 6.45) is 0. The lowest BCUT2D eigenvalue weighted by molar-refractivity contribution is 0.894. The van der Waals surface area contributed by atoms with Crippen LogP contribution < -0.4 is 11.1 Å². The Kier molecular flexibility index (Phi) is 3.67. The first-order valence-corrected chi connectivity index (χ1v) is 7.87. The van der Waals surface area contributed by atoms with Crippen molar-refractivity contribution in [3.8, 4) is 12.0 Å². The number of aryl methyl sites for hydroxylation is 1. The smallest absolute Gasteiger partial charge is 0.242 e. The van der Waals surface area contributed by atoms with Gasteiger partial charge in [0.05, 0.1) is 22.7 Å². The summed E-state index contributed by atoms with van der Waals surface area (Å²) in [7, 11) is 0. The van der Waals surface area contributed by atoms with Gasteiger partial charge in [0, 0.05) is 5.69 Å². The number of benzene rings is 2. The Balaban J connectivity index is 1.90. The number of para-hydroxylation sites is 2. The van der Waals surface area contributed by atoms with Gasteiger partial charge in [0.1, 0.15) is 5.82 Å². The molecule has 8 heteroatoms. The molecule has 126 valence electrons. The maximum Gasteiger partial charge on any atom is 0.242 e. The van der Waals surface area contributed by atoms with Crippen LogP contribution in [0.5, 0.6) is 0 Å². The van der Waals surface area contributed by atoms with E-state index in [9.17, 15) is 0 Å². The molecule has 0 aliphatic heterocycles. The number of nitrogens with one attached hydrogen (secondary N) is 1. The Morgan fingerprint density at radius 1 is 1.04 bits per heavy atom. The van der Waals surface area contributed by atoms with E-state index in [1.54, 1.807) is 29.7 Å². The molecule has 0 radical (unpaired) electrons. The SMILES string of the molecule is Cc1nc(N)nc(-n2c(Nc3cccc(C#N)c3)nc3ccccc32)n1. The number of nitriles is 1. The summed E-state index contributed by atoms with van der Waals surface area (Å²) in [5.41, 5.74) is 8.70. The number of nitrogen functional groups attached to an aromatic ring is 1. The highest BCUT2D eigenvalue weighted by atomic mass is 15.3. The zero-order valence-corrected chi connectivity index (χ0v) is 13.9. The van der Waals surface area contributed by atoms with E-state index in [0.717, 1.165) is 16.7 Å². The van der Waals surface area contributed by atoms with Crippen LogP contribution in [0.1, 0.15) is 11.4 Å². The predicted molar refractivity (Wildman–Crippen MR) is 98.0 cm³/mol. The van der Waals surface area contributed by atoms with E-state index in [0.29, 0.717) is 23.3 Å². The summed E-state index contributed by atoms with van der Waals surface area (Å²) in [5, 5.41) is 12.3. The second-order valence-electron chi connectivity index (χ2n) is 5.62. The quantitative estimate of drug-likeness (QED) is 0.587. The number of rotatable bonds is 3. The van der Waals surface area contributed by atoms with Crippen molar-refractivity contribution in [1.82, 2.24) is 24.5 Å². The van der Waals surface area contributed by atoms with E-state index in [4.69, 9.17) is 11.0 Å². The zero-order valence-electron chi connectivity index (χ0n) is 13.9. The van der Waals surface area contributed by atoms with Gasteiger partial charge in [-0.05, 0) is 37.3 Å². The average molecular weight is 342 g/mol. The van der Waals surface area contributed by atoms with E-state index in [2.05, 4.69) is 31.3 Å². The van der Waals surface area contributed by atoms with Gasteiger partial charge in [0.15, 0.2) is 0 Å². The fraction of sp³-hybridized carbons (Fsp3) is 0.0556. The van der Waals surface area contributed by atoms with E-state index in [1.165, 1.54) is 0 Å². The zero-order chi connectivity index (χ0) is 18.1. The Morgan fingerprint density at radius 2 is 1.88 bits per heavy atom. The van der Waals surface area contributed by atoms with Crippen molar-refractivity contribution in [1.29, 1.82) is 5.26 Å². The molecule has 0 atom stereocenters. The number of imidazole rings is 1. The molecule has 2 heterocycles. The van der Waals surface area contributed by atoms with Gasteiger partial charge in [-0.15, -0.1) is 0 Å². The van der Waals surface area contributed by atoms with Gasteiger partial charge >= 0.3 is 0 Å². The van der Waals surface area contributed by atoms with Gasteiger partial charge in [0.25, 0.3) is 0 Å². The molecule has 0 bridgehead atoms. The van der Waals surface area contributed by atoms with Crippen molar-refractivity contribution in [2.75, 3.05) is 11.1 Å². The predicted octanol–water partition coefficient (Wildman–Crippen LogP) is 2.72. The highest BCUT2D eigenvalue weighted by Gasteiger charge is 2.16.